The number of aromatic nitrogens is 3. The molecule has 0 amide bonds. The summed E-state index contributed by atoms with van der Waals surface area (Å²) in [5.41, 5.74) is 1.77. The highest BCUT2D eigenvalue weighted by Gasteiger charge is 2.18. The van der Waals surface area contributed by atoms with Crippen molar-refractivity contribution < 1.29 is 9.72 Å². The van der Waals surface area contributed by atoms with Crippen molar-refractivity contribution in [2.45, 2.75) is 25.5 Å². The van der Waals surface area contributed by atoms with Crippen LogP contribution >= 0.6 is 11.8 Å². The smallest absolute Gasteiger partial charge is 0.273 e. The molecule has 0 saturated heterocycles. The molecule has 138 valence electrons. The van der Waals surface area contributed by atoms with Crippen LogP contribution in [0.2, 0.25) is 0 Å². The maximum absolute atomic E-state index is 12.5. The standard InChI is InChI=1S/C19H18N4O3S/c1-3-22-18(14-7-5-4-6-8-14)20-21-19(22)27-12-17(24)15-10-9-13(2)16(11-15)23(25)26/h4-11H,3,12H2,1-2H3. The Morgan fingerprint density at radius 1 is 1.19 bits per heavy atom. The zero-order chi connectivity index (χ0) is 19.4. The number of thioether (sulfide) groups is 1. The Kier molecular flexibility index (Phi) is 5.66. The highest BCUT2D eigenvalue weighted by atomic mass is 32.2. The van der Waals surface area contributed by atoms with E-state index >= 15 is 0 Å². The summed E-state index contributed by atoms with van der Waals surface area (Å²) >= 11 is 1.28. The lowest BCUT2D eigenvalue weighted by Gasteiger charge is -2.07. The van der Waals surface area contributed by atoms with Gasteiger partial charge in [-0.25, -0.2) is 0 Å². The molecule has 0 unspecified atom stereocenters. The second-order valence-corrected chi connectivity index (χ2v) is 6.83. The van der Waals surface area contributed by atoms with Crippen LogP contribution in [0.3, 0.4) is 0 Å². The topological polar surface area (TPSA) is 90.9 Å². The number of carbonyl (C=O) groups is 1. The minimum absolute atomic E-state index is 0.0473. The largest absolute Gasteiger partial charge is 0.302 e. The molecule has 1 aromatic heterocycles. The maximum atomic E-state index is 12.5. The number of benzene rings is 2. The summed E-state index contributed by atoms with van der Waals surface area (Å²) in [6.07, 6.45) is 0. The van der Waals surface area contributed by atoms with E-state index in [0.717, 1.165) is 11.4 Å². The van der Waals surface area contributed by atoms with Crippen LogP contribution in [0.15, 0.2) is 53.7 Å². The van der Waals surface area contributed by atoms with Crippen LogP contribution in [0.5, 0.6) is 0 Å². The molecule has 0 aliphatic heterocycles. The first kappa shape index (κ1) is 18.8. The molecule has 27 heavy (non-hydrogen) atoms. The minimum atomic E-state index is -0.473. The number of rotatable bonds is 7. The van der Waals surface area contributed by atoms with Crippen LogP contribution in [0, 0.1) is 17.0 Å². The molecule has 0 saturated carbocycles. The van der Waals surface area contributed by atoms with E-state index in [-0.39, 0.29) is 17.2 Å². The number of nitro groups is 1. The molecule has 3 aromatic rings. The molecule has 0 bridgehead atoms. The quantitative estimate of drug-likeness (QED) is 0.264. The minimum Gasteiger partial charge on any atom is -0.302 e. The molecular formula is C19H18N4O3S. The Morgan fingerprint density at radius 2 is 1.93 bits per heavy atom. The fraction of sp³-hybridized carbons (Fsp3) is 0.211. The Morgan fingerprint density at radius 3 is 2.59 bits per heavy atom. The first-order chi connectivity index (χ1) is 13.0. The summed E-state index contributed by atoms with van der Waals surface area (Å²) in [4.78, 5) is 23.1. The van der Waals surface area contributed by atoms with Crippen molar-refractivity contribution in [1.82, 2.24) is 14.8 Å². The lowest BCUT2D eigenvalue weighted by Crippen LogP contribution is -2.06. The summed E-state index contributed by atoms with van der Waals surface area (Å²) in [5, 5.41) is 20.2. The number of carbonyl (C=O) groups excluding carboxylic acids is 1. The number of Topliss-reactive ketones (excluding diaryl/α,β-unsaturated/α-hetero) is 1. The lowest BCUT2D eigenvalue weighted by atomic mass is 10.1. The monoisotopic (exact) mass is 382 g/mol. The molecule has 0 fully saturated rings. The van der Waals surface area contributed by atoms with Gasteiger partial charge in [-0.05, 0) is 13.8 Å². The third-order valence-electron chi connectivity index (χ3n) is 4.13. The van der Waals surface area contributed by atoms with E-state index in [1.165, 1.54) is 17.8 Å². The highest BCUT2D eigenvalue weighted by Crippen LogP contribution is 2.25. The number of hydrogen-bond acceptors (Lipinski definition) is 6. The Balaban J connectivity index is 1.77. The average Bonchev–Trinajstić information content (AvgIpc) is 3.09. The molecule has 1 heterocycles. The predicted molar refractivity (Wildman–Crippen MR) is 104 cm³/mol. The SMILES string of the molecule is CCn1c(SCC(=O)c2ccc(C)c([N+](=O)[O-])c2)nnc1-c1ccccc1. The van der Waals surface area contributed by atoms with Gasteiger partial charge in [-0.15, -0.1) is 10.2 Å². The van der Waals surface area contributed by atoms with Gasteiger partial charge in [0.15, 0.2) is 16.8 Å². The molecule has 0 spiro atoms. The number of hydrogen-bond donors (Lipinski definition) is 0. The first-order valence-electron chi connectivity index (χ1n) is 8.41. The Labute approximate surface area is 160 Å². The number of nitrogens with zero attached hydrogens (tertiary/aromatic N) is 4. The molecule has 0 radical (unpaired) electrons. The molecule has 2 aromatic carbocycles. The zero-order valence-electron chi connectivity index (χ0n) is 15.0. The van der Waals surface area contributed by atoms with Crippen LogP contribution in [-0.4, -0.2) is 31.2 Å². The fourth-order valence-corrected chi connectivity index (χ4v) is 3.57. The maximum Gasteiger partial charge on any atom is 0.273 e. The van der Waals surface area contributed by atoms with Crippen LogP contribution in [0.25, 0.3) is 11.4 Å². The second kappa shape index (κ2) is 8.13. The summed E-state index contributed by atoms with van der Waals surface area (Å²) in [6, 6.07) is 14.3. The van der Waals surface area contributed by atoms with E-state index < -0.39 is 4.92 Å². The van der Waals surface area contributed by atoms with E-state index in [1.807, 2.05) is 41.8 Å². The van der Waals surface area contributed by atoms with Crippen molar-refractivity contribution in [1.29, 1.82) is 0 Å². The van der Waals surface area contributed by atoms with Crippen LogP contribution in [0.1, 0.15) is 22.8 Å². The summed E-state index contributed by atoms with van der Waals surface area (Å²) in [6.45, 7) is 4.31. The van der Waals surface area contributed by atoms with Crippen LogP contribution in [-0.2, 0) is 6.54 Å². The summed E-state index contributed by atoms with van der Waals surface area (Å²) < 4.78 is 1.95. The van der Waals surface area contributed by atoms with Gasteiger partial charge in [-0.2, -0.15) is 0 Å². The van der Waals surface area contributed by atoms with Gasteiger partial charge in [0.05, 0.1) is 10.7 Å². The van der Waals surface area contributed by atoms with Gasteiger partial charge in [0, 0.05) is 29.3 Å². The van der Waals surface area contributed by atoms with Crippen molar-refractivity contribution >= 4 is 23.2 Å². The van der Waals surface area contributed by atoms with Crippen molar-refractivity contribution in [2.24, 2.45) is 0 Å². The van der Waals surface area contributed by atoms with Gasteiger partial charge in [0.1, 0.15) is 0 Å². The van der Waals surface area contributed by atoms with Crippen LogP contribution in [0.4, 0.5) is 5.69 Å². The third kappa shape index (κ3) is 4.06. The lowest BCUT2D eigenvalue weighted by molar-refractivity contribution is -0.385. The van der Waals surface area contributed by atoms with E-state index in [1.54, 1.807) is 19.1 Å². The Bertz CT molecular complexity index is 986. The average molecular weight is 382 g/mol. The van der Waals surface area contributed by atoms with Gasteiger partial charge in [-0.1, -0.05) is 54.2 Å². The van der Waals surface area contributed by atoms with Crippen molar-refractivity contribution in [2.75, 3.05) is 5.75 Å². The van der Waals surface area contributed by atoms with Gasteiger partial charge in [0.25, 0.3) is 5.69 Å². The van der Waals surface area contributed by atoms with E-state index in [2.05, 4.69) is 10.2 Å². The van der Waals surface area contributed by atoms with Gasteiger partial charge in [-0.3, -0.25) is 14.9 Å². The van der Waals surface area contributed by atoms with Crippen molar-refractivity contribution in [3.63, 3.8) is 0 Å². The summed E-state index contributed by atoms with van der Waals surface area (Å²) in [7, 11) is 0. The van der Waals surface area contributed by atoms with E-state index in [9.17, 15) is 14.9 Å². The van der Waals surface area contributed by atoms with Crippen molar-refractivity contribution in [3.05, 3.63) is 69.8 Å². The van der Waals surface area contributed by atoms with Gasteiger partial charge < -0.3 is 4.57 Å². The first-order valence-corrected chi connectivity index (χ1v) is 9.39. The number of nitro benzene ring substituents is 1. The zero-order valence-corrected chi connectivity index (χ0v) is 15.8. The van der Waals surface area contributed by atoms with Crippen molar-refractivity contribution in [3.8, 4) is 11.4 Å². The molecule has 3 rings (SSSR count). The molecule has 0 aliphatic rings. The Hall–Kier alpha value is -3.00. The predicted octanol–water partition coefficient (Wildman–Crippen LogP) is 4.16. The molecule has 8 heteroatoms. The molecule has 0 atom stereocenters. The summed E-state index contributed by atoms with van der Waals surface area (Å²) in [5.74, 6) is 0.696. The van der Waals surface area contributed by atoms with E-state index in [0.29, 0.717) is 22.8 Å². The fourth-order valence-electron chi connectivity index (χ4n) is 2.67. The second-order valence-electron chi connectivity index (χ2n) is 5.89. The molecule has 0 N–H and O–H groups in total. The molecule has 0 aliphatic carbocycles. The van der Waals surface area contributed by atoms with Gasteiger partial charge in [0.2, 0.25) is 0 Å². The molecular weight excluding hydrogens is 364 g/mol. The molecule has 7 nitrogen and oxygen atoms in total. The highest BCUT2D eigenvalue weighted by molar-refractivity contribution is 7.99. The number of ketones is 1. The third-order valence-corrected chi connectivity index (χ3v) is 5.09. The normalized spacial score (nSPS) is 10.7. The van der Waals surface area contributed by atoms with E-state index in [4.69, 9.17) is 0 Å². The number of aryl methyl sites for hydroxylation is 1. The van der Waals surface area contributed by atoms with Gasteiger partial charge >= 0.3 is 0 Å². The van der Waals surface area contributed by atoms with Crippen LogP contribution < -0.4 is 0 Å².